The molecule has 0 radical (unpaired) electrons. The van der Waals surface area contributed by atoms with E-state index in [1.807, 2.05) is 31.2 Å². The van der Waals surface area contributed by atoms with E-state index in [0.29, 0.717) is 0 Å². The number of hydrogen-bond donors (Lipinski definition) is 0. The van der Waals surface area contributed by atoms with Crippen molar-refractivity contribution < 1.29 is 4.74 Å². The number of aromatic nitrogens is 2. The molecule has 4 heteroatoms. The standard InChI is InChI=1S/C10H16N2OS/c1-12-5-4-11-10(12)8-14-9-2-6-13-7-3-9/h4-5,9H,2-3,6-8H2,1H3. The van der Waals surface area contributed by atoms with Gasteiger partial charge in [0.2, 0.25) is 0 Å². The SMILES string of the molecule is Cn1ccnc1CSC1CCOCC1. The highest BCUT2D eigenvalue weighted by Crippen LogP contribution is 2.24. The Bertz CT molecular complexity index is 281. The summed E-state index contributed by atoms with van der Waals surface area (Å²) >= 11 is 2.01. The molecule has 0 saturated carbocycles. The van der Waals surface area contributed by atoms with Crippen molar-refractivity contribution in [1.29, 1.82) is 0 Å². The molecule has 0 bridgehead atoms. The molecule has 1 aromatic rings. The number of nitrogens with zero attached hydrogens (tertiary/aromatic N) is 2. The monoisotopic (exact) mass is 212 g/mol. The average Bonchev–Trinajstić information content (AvgIpc) is 2.63. The van der Waals surface area contributed by atoms with Gasteiger partial charge in [0.1, 0.15) is 5.82 Å². The van der Waals surface area contributed by atoms with E-state index in [4.69, 9.17) is 4.74 Å². The maximum atomic E-state index is 5.33. The largest absolute Gasteiger partial charge is 0.381 e. The molecule has 14 heavy (non-hydrogen) atoms. The Morgan fingerprint density at radius 3 is 3.00 bits per heavy atom. The van der Waals surface area contributed by atoms with Crippen LogP contribution in [0.15, 0.2) is 12.4 Å². The number of aryl methyl sites for hydroxylation is 1. The quantitative estimate of drug-likeness (QED) is 0.765. The second-order valence-electron chi connectivity index (χ2n) is 3.58. The third-order valence-corrected chi connectivity index (χ3v) is 3.91. The summed E-state index contributed by atoms with van der Waals surface area (Å²) in [6.07, 6.45) is 6.24. The minimum Gasteiger partial charge on any atom is -0.381 e. The summed E-state index contributed by atoms with van der Waals surface area (Å²) in [5, 5.41) is 0.764. The lowest BCUT2D eigenvalue weighted by Crippen LogP contribution is -2.17. The Kier molecular flexibility index (Phi) is 3.48. The van der Waals surface area contributed by atoms with E-state index < -0.39 is 0 Å². The highest BCUT2D eigenvalue weighted by atomic mass is 32.2. The number of hydrogen-bond acceptors (Lipinski definition) is 3. The molecule has 1 aromatic heterocycles. The Morgan fingerprint density at radius 1 is 1.57 bits per heavy atom. The summed E-state index contributed by atoms with van der Waals surface area (Å²) < 4.78 is 7.42. The van der Waals surface area contributed by atoms with Crippen LogP contribution in [0.3, 0.4) is 0 Å². The number of thioether (sulfide) groups is 1. The normalized spacial score (nSPS) is 18.6. The van der Waals surface area contributed by atoms with Crippen LogP contribution in [0, 0.1) is 0 Å². The summed E-state index contributed by atoms with van der Waals surface area (Å²) in [6.45, 7) is 1.86. The third-order valence-electron chi connectivity index (χ3n) is 2.54. The topological polar surface area (TPSA) is 27.1 Å². The van der Waals surface area contributed by atoms with Crippen LogP contribution in [-0.2, 0) is 17.5 Å². The molecular weight excluding hydrogens is 196 g/mol. The highest BCUT2D eigenvalue weighted by Gasteiger charge is 2.14. The zero-order chi connectivity index (χ0) is 9.80. The van der Waals surface area contributed by atoms with Crippen LogP contribution >= 0.6 is 11.8 Å². The molecule has 1 fully saturated rings. The highest BCUT2D eigenvalue weighted by molar-refractivity contribution is 7.99. The number of rotatable bonds is 3. The van der Waals surface area contributed by atoms with E-state index in [1.165, 1.54) is 18.7 Å². The van der Waals surface area contributed by atoms with Crippen molar-refractivity contribution in [1.82, 2.24) is 9.55 Å². The van der Waals surface area contributed by atoms with Gasteiger partial charge in [-0.2, -0.15) is 11.8 Å². The van der Waals surface area contributed by atoms with Gasteiger partial charge in [-0.05, 0) is 12.8 Å². The molecule has 1 aliphatic heterocycles. The fraction of sp³-hybridized carbons (Fsp3) is 0.700. The predicted octanol–water partition coefficient (Wildman–Crippen LogP) is 1.83. The van der Waals surface area contributed by atoms with Gasteiger partial charge in [0.25, 0.3) is 0 Å². The third kappa shape index (κ3) is 2.51. The summed E-state index contributed by atoms with van der Waals surface area (Å²) in [5.41, 5.74) is 0. The van der Waals surface area contributed by atoms with E-state index in [2.05, 4.69) is 9.55 Å². The molecule has 2 heterocycles. The molecule has 3 nitrogen and oxygen atoms in total. The first-order chi connectivity index (χ1) is 6.86. The summed E-state index contributed by atoms with van der Waals surface area (Å²) in [7, 11) is 2.05. The minimum absolute atomic E-state index is 0.764. The van der Waals surface area contributed by atoms with Crippen LogP contribution < -0.4 is 0 Å². The lowest BCUT2D eigenvalue weighted by molar-refractivity contribution is 0.1000. The molecule has 78 valence electrons. The Balaban J connectivity index is 1.79. The zero-order valence-corrected chi connectivity index (χ0v) is 9.30. The van der Waals surface area contributed by atoms with Crippen molar-refractivity contribution in [3.63, 3.8) is 0 Å². The first-order valence-corrected chi connectivity index (χ1v) is 6.06. The van der Waals surface area contributed by atoms with Gasteiger partial charge in [-0.15, -0.1) is 0 Å². The van der Waals surface area contributed by atoms with Gasteiger partial charge >= 0.3 is 0 Å². The van der Waals surface area contributed by atoms with E-state index in [0.717, 1.165) is 24.2 Å². The van der Waals surface area contributed by atoms with Gasteiger partial charge in [0.05, 0.1) is 5.75 Å². The van der Waals surface area contributed by atoms with Crippen LogP contribution in [0.4, 0.5) is 0 Å². The zero-order valence-electron chi connectivity index (χ0n) is 8.48. The van der Waals surface area contributed by atoms with E-state index in [1.54, 1.807) is 0 Å². The van der Waals surface area contributed by atoms with Gasteiger partial charge in [-0.3, -0.25) is 0 Å². The first-order valence-electron chi connectivity index (χ1n) is 5.02. The van der Waals surface area contributed by atoms with Crippen LogP contribution in [0.1, 0.15) is 18.7 Å². The van der Waals surface area contributed by atoms with Crippen LogP contribution in [0.5, 0.6) is 0 Å². The molecule has 0 aliphatic carbocycles. The maximum absolute atomic E-state index is 5.33. The lowest BCUT2D eigenvalue weighted by atomic mass is 10.2. The van der Waals surface area contributed by atoms with E-state index in [-0.39, 0.29) is 0 Å². The lowest BCUT2D eigenvalue weighted by Gasteiger charge is -2.21. The van der Waals surface area contributed by atoms with Crippen molar-refractivity contribution in [2.45, 2.75) is 23.8 Å². The Hall–Kier alpha value is -0.480. The maximum Gasteiger partial charge on any atom is 0.118 e. The molecule has 0 unspecified atom stereocenters. The molecule has 0 amide bonds. The van der Waals surface area contributed by atoms with Crippen LogP contribution in [-0.4, -0.2) is 28.0 Å². The first kappa shape index (κ1) is 10.1. The number of ether oxygens (including phenoxy) is 1. The molecular formula is C10H16N2OS. The van der Waals surface area contributed by atoms with Gasteiger partial charge in [0.15, 0.2) is 0 Å². The van der Waals surface area contributed by atoms with Crippen LogP contribution in [0.25, 0.3) is 0 Å². The second kappa shape index (κ2) is 4.84. The van der Waals surface area contributed by atoms with E-state index in [9.17, 15) is 0 Å². The summed E-state index contributed by atoms with van der Waals surface area (Å²) in [4.78, 5) is 4.31. The van der Waals surface area contributed by atoms with Crippen molar-refractivity contribution in [3.8, 4) is 0 Å². The van der Waals surface area contributed by atoms with Crippen molar-refractivity contribution in [2.24, 2.45) is 7.05 Å². The van der Waals surface area contributed by atoms with Gasteiger partial charge in [0, 0.05) is 37.9 Å². The van der Waals surface area contributed by atoms with Crippen molar-refractivity contribution in [2.75, 3.05) is 13.2 Å². The molecule has 1 aliphatic rings. The van der Waals surface area contributed by atoms with Crippen molar-refractivity contribution in [3.05, 3.63) is 18.2 Å². The Labute approximate surface area is 88.9 Å². The van der Waals surface area contributed by atoms with Gasteiger partial charge < -0.3 is 9.30 Å². The second-order valence-corrected chi connectivity index (χ2v) is 4.87. The predicted molar refractivity (Wildman–Crippen MR) is 58.3 cm³/mol. The average molecular weight is 212 g/mol. The molecule has 2 rings (SSSR count). The smallest absolute Gasteiger partial charge is 0.118 e. The van der Waals surface area contributed by atoms with Crippen molar-refractivity contribution >= 4 is 11.8 Å². The van der Waals surface area contributed by atoms with Gasteiger partial charge in [-0.1, -0.05) is 0 Å². The molecule has 0 N–H and O–H groups in total. The summed E-state index contributed by atoms with van der Waals surface area (Å²) in [5.74, 6) is 2.19. The van der Waals surface area contributed by atoms with Gasteiger partial charge in [-0.25, -0.2) is 4.98 Å². The fourth-order valence-corrected chi connectivity index (χ4v) is 2.76. The van der Waals surface area contributed by atoms with Crippen LogP contribution in [0.2, 0.25) is 0 Å². The summed E-state index contributed by atoms with van der Waals surface area (Å²) in [6, 6.07) is 0. The molecule has 0 atom stereocenters. The minimum atomic E-state index is 0.764. The number of imidazole rings is 1. The Morgan fingerprint density at radius 2 is 2.36 bits per heavy atom. The van der Waals surface area contributed by atoms with E-state index >= 15 is 0 Å². The molecule has 1 saturated heterocycles. The molecule has 0 spiro atoms. The fourth-order valence-electron chi connectivity index (χ4n) is 1.57. The molecule has 0 aromatic carbocycles.